The van der Waals surface area contributed by atoms with Crippen LogP contribution in [-0.4, -0.2) is 20.3 Å². The number of hydrogen-bond acceptors (Lipinski definition) is 4. The number of carbonyl (C=O) groups is 1. The van der Waals surface area contributed by atoms with Crippen molar-refractivity contribution >= 4 is 22.9 Å². The third-order valence-electron chi connectivity index (χ3n) is 4.83. The maximum atomic E-state index is 12.9. The second-order valence-corrected chi connectivity index (χ2v) is 7.65. The smallest absolute Gasteiger partial charge is 0.295 e. The van der Waals surface area contributed by atoms with Crippen molar-refractivity contribution in [3.05, 3.63) is 87.3 Å². The van der Waals surface area contributed by atoms with Gasteiger partial charge in [-0.3, -0.25) is 14.3 Å². The van der Waals surface area contributed by atoms with E-state index in [0.29, 0.717) is 11.4 Å². The summed E-state index contributed by atoms with van der Waals surface area (Å²) >= 11 is 1.40. The van der Waals surface area contributed by atoms with Crippen molar-refractivity contribution in [3.63, 3.8) is 0 Å². The Hall–Kier alpha value is -3.45. The molecule has 0 saturated carbocycles. The topological polar surface area (TPSA) is 68.9 Å². The molecule has 146 valence electrons. The first-order chi connectivity index (χ1) is 14.0. The van der Waals surface area contributed by atoms with Crippen LogP contribution in [0.1, 0.15) is 21.7 Å². The molecule has 2 aromatic heterocycles. The molecule has 2 aromatic carbocycles. The summed E-state index contributed by atoms with van der Waals surface area (Å²) in [5, 5.41) is 5.22. The molecule has 0 atom stereocenters. The summed E-state index contributed by atoms with van der Waals surface area (Å²) in [4.78, 5) is 30.1. The van der Waals surface area contributed by atoms with E-state index in [1.54, 1.807) is 24.0 Å². The van der Waals surface area contributed by atoms with Gasteiger partial charge in [0.15, 0.2) is 0 Å². The van der Waals surface area contributed by atoms with E-state index in [1.807, 2.05) is 61.5 Å². The molecule has 1 amide bonds. The molecule has 29 heavy (non-hydrogen) atoms. The number of aryl methyl sites for hydroxylation is 1. The number of para-hydroxylation sites is 1. The molecule has 0 aliphatic rings. The predicted molar refractivity (Wildman–Crippen MR) is 116 cm³/mol. The Bertz CT molecular complexity index is 1230. The van der Waals surface area contributed by atoms with Crippen LogP contribution in [0.3, 0.4) is 0 Å². The molecule has 0 aliphatic heterocycles. The molecule has 7 heteroatoms. The molecular weight excluding hydrogens is 384 g/mol. The number of thiazole rings is 1. The van der Waals surface area contributed by atoms with Crippen LogP contribution in [0.25, 0.3) is 16.3 Å². The van der Waals surface area contributed by atoms with E-state index in [1.165, 1.54) is 16.0 Å². The summed E-state index contributed by atoms with van der Waals surface area (Å²) in [5.74, 6) is -0.398. The molecule has 4 rings (SSSR count). The highest BCUT2D eigenvalue weighted by atomic mass is 32.1. The van der Waals surface area contributed by atoms with Crippen molar-refractivity contribution in [2.24, 2.45) is 7.05 Å². The molecule has 2 heterocycles. The van der Waals surface area contributed by atoms with E-state index in [4.69, 9.17) is 0 Å². The summed E-state index contributed by atoms with van der Waals surface area (Å²) in [6.45, 7) is 3.82. The number of carbonyl (C=O) groups excluding carboxylic acids is 1. The fraction of sp³-hybridized carbons (Fsp3) is 0.136. The number of aromatic nitrogens is 3. The highest BCUT2D eigenvalue weighted by Gasteiger charge is 2.20. The first kappa shape index (κ1) is 18.9. The maximum absolute atomic E-state index is 12.9. The van der Waals surface area contributed by atoms with Gasteiger partial charge in [-0.2, -0.15) is 0 Å². The molecule has 0 saturated heterocycles. The maximum Gasteiger partial charge on any atom is 0.295 e. The fourth-order valence-corrected chi connectivity index (χ4v) is 3.90. The summed E-state index contributed by atoms with van der Waals surface area (Å²) in [6.07, 6.45) is 0. The van der Waals surface area contributed by atoms with Crippen LogP contribution in [0.4, 0.5) is 5.69 Å². The highest BCUT2D eigenvalue weighted by Crippen LogP contribution is 2.24. The van der Waals surface area contributed by atoms with E-state index >= 15 is 0 Å². The molecule has 0 spiro atoms. The lowest BCUT2D eigenvalue weighted by Crippen LogP contribution is -2.23. The second-order valence-electron chi connectivity index (χ2n) is 6.79. The van der Waals surface area contributed by atoms with Crippen LogP contribution in [0.5, 0.6) is 0 Å². The lowest BCUT2D eigenvalue weighted by Gasteiger charge is -2.07. The lowest BCUT2D eigenvalue weighted by atomic mass is 10.2. The average molecular weight is 404 g/mol. The van der Waals surface area contributed by atoms with Gasteiger partial charge in [0.1, 0.15) is 16.4 Å². The van der Waals surface area contributed by atoms with Crippen LogP contribution in [0, 0.1) is 13.8 Å². The minimum Gasteiger partial charge on any atom is -0.314 e. The minimum absolute atomic E-state index is 0.256. The van der Waals surface area contributed by atoms with Crippen LogP contribution in [0.2, 0.25) is 0 Å². The fourth-order valence-electron chi connectivity index (χ4n) is 3.10. The highest BCUT2D eigenvalue weighted by molar-refractivity contribution is 7.13. The SMILES string of the molecule is Cc1ccc(-c2nc(C(=O)Nc3c(C)n(C)n(-c4ccccc4)c3=O)cs2)cc1. The van der Waals surface area contributed by atoms with Gasteiger partial charge in [0.05, 0.1) is 11.4 Å². The van der Waals surface area contributed by atoms with Crippen molar-refractivity contribution in [2.75, 3.05) is 5.32 Å². The molecule has 0 bridgehead atoms. The zero-order valence-corrected chi connectivity index (χ0v) is 17.2. The zero-order valence-electron chi connectivity index (χ0n) is 16.3. The molecule has 0 aliphatic carbocycles. The molecule has 0 radical (unpaired) electrons. The standard InChI is InChI=1S/C22H20N4O2S/c1-14-9-11-16(12-10-14)21-23-18(13-29-21)20(27)24-19-15(2)25(3)26(22(19)28)17-7-5-4-6-8-17/h4-13H,1-3H3,(H,24,27). The van der Waals surface area contributed by atoms with Gasteiger partial charge in [-0.15, -0.1) is 11.3 Å². The second kappa shape index (κ2) is 7.52. The number of amides is 1. The first-order valence-electron chi connectivity index (χ1n) is 9.13. The lowest BCUT2D eigenvalue weighted by molar-refractivity contribution is 0.102. The van der Waals surface area contributed by atoms with Gasteiger partial charge in [-0.1, -0.05) is 48.0 Å². The number of nitrogens with zero attached hydrogens (tertiary/aromatic N) is 3. The van der Waals surface area contributed by atoms with Crippen molar-refractivity contribution < 1.29 is 4.79 Å². The normalized spacial score (nSPS) is 10.9. The van der Waals surface area contributed by atoms with Gasteiger partial charge < -0.3 is 5.32 Å². The molecular formula is C22H20N4O2S. The average Bonchev–Trinajstić information content (AvgIpc) is 3.29. The molecule has 0 fully saturated rings. The van der Waals surface area contributed by atoms with Crippen molar-refractivity contribution in [1.82, 2.24) is 14.3 Å². The Balaban J connectivity index is 1.63. The Morgan fingerprint density at radius 2 is 1.72 bits per heavy atom. The van der Waals surface area contributed by atoms with Crippen LogP contribution in [-0.2, 0) is 7.05 Å². The molecule has 0 unspecified atom stereocenters. The molecule has 4 aromatic rings. The number of rotatable bonds is 4. The Labute approximate surface area is 172 Å². The summed E-state index contributed by atoms with van der Waals surface area (Å²) < 4.78 is 3.26. The number of hydrogen-bond donors (Lipinski definition) is 1. The molecule has 1 N–H and O–H groups in total. The zero-order chi connectivity index (χ0) is 20.5. The van der Waals surface area contributed by atoms with Crippen LogP contribution < -0.4 is 10.9 Å². The van der Waals surface area contributed by atoms with Gasteiger partial charge in [-0.25, -0.2) is 9.67 Å². The molecule has 6 nitrogen and oxygen atoms in total. The van der Waals surface area contributed by atoms with Crippen molar-refractivity contribution in [1.29, 1.82) is 0 Å². The van der Waals surface area contributed by atoms with Gasteiger partial charge in [0.2, 0.25) is 0 Å². The summed E-state index contributed by atoms with van der Waals surface area (Å²) in [6, 6.07) is 17.3. The van der Waals surface area contributed by atoms with Gasteiger partial charge in [0, 0.05) is 18.0 Å². The summed E-state index contributed by atoms with van der Waals surface area (Å²) in [7, 11) is 1.79. The van der Waals surface area contributed by atoms with Crippen LogP contribution >= 0.6 is 11.3 Å². The first-order valence-corrected chi connectivity index (χ1v) is 10.0. The number of anilines is 1. The van der Waals surface area contributed by atoms with Gasteiger partial charge in [0.25, 0.3) is 11.5 Å². The predicted octanol–water partition coefficient (Wildman–Crippen LogP) is 4.17. The van der Waals surface area contributed by atoms with Gasteiger partial charge >= 0.3 is 0 Å². The Morgan fingerprint density at radius 1 is 1.03 bits per heavy atom. The largest absolute Gasteiger partial charge is 0.314 e. The van der Waals surface area contributed by atoms with E-state index in [2.05, 4.69) is 10.3 Å². The Kier molecular flexibility index (Phi) is 4.90. The van der Waals surface area contributed by atoms with Crippen molar-refractivity contribution in [3.8, 4) is 16.3 Å². The van der Waals surface area contributed by atoms with Crippen molar-refractivity contribution in [2.45, 2.75) is 13.8 Å². The third kappa shape index (κ3) is 3.52. The van der Waals surface area contributed by atoms with E-state index in [-0.39, 0.29) is 11.2 Å². The summed E-state index contributed by atoms with van der Waals surface area (Å²) in [5.41, 5.74) is 3.80. The quantitative estimate of drug-likeness (QED) is 0.555. The van der Waals surface area contributed by atoms with E-state index in [0.717, 1.165) is 21.8 Å². The Morgan fingerprint density at radius 3 is 2.41 bits per heavy atom. The van der Waals surface area contributed by atoms with E-state index < -0.39 is 5.91 Å². The third-order valence-corrected chi connectivity index (χ3v) is 5.72. The minimum atomic E-state index is -0.398. The monoisotopic (exact) mass is 404 g/mol. The number of benzene rings is 2. The van der Waals surface area contributed by atoms with E-state index in [9.17, 15) is 9.59 Å². The number of nitrogens with one attached hydrogen (secondary N) is 1. The van der Waals surface area contributed by atoms with Gasteiger partial charge in [-0.05, 0) is 26.0 Å². The van der Waals surface area contributed by atoms with Crippen LogP contribution in [0.15, 0.2) is 64.8 Å².